The quantitative estimate of drug-likeness (QED) is 0.684. The average Bonchev–Trinajstić information content (AvgIpc) is 2.31. The number of rotatable bonds is 6. The molecule has 0 bridgehead atoms. The SMILES string of the molecule is CCOc1cc(NC(=O)CC(=O)O)ccc1NC(C)=O. The summed E-state index contributed by atoms with van der Waals surface area (Å²) in [5.41, 5.74) is 0.879. The summed E-state index contributed by atoms with van der Waals surface area (Å²) in [4.78, 5) is 32.8. The number of carbonyl (C=O) groups is 3. The van der Waals surface area contributed by atoms with Crippen LogP contribution in [0.3, 0.4) is 0 Å². The van der Waals surface area contributed by atoms with Gasteiger partial charge in [-0.3, -0.25) is 14.4 Å². The molecule has 0 fully saturated rings. The highest BCUT2D eigenvalue weighted by atomic mass is 16.5. The van der Waals surface area contributed by atoms with Gasteiger partial charge in [0.1, 0.15) is 12.2 Å². The number of hydrogen-bond donors (Lipinski definition) is 3. The number of amides is 2. The fraction of sp³-hybridized carbons (Fsp3) is 0.308. The zero-order valence-electron chi connectivity index (χ0n) is 11.2. The summed E-state index contributed by atoms with van der Waals surface area (Å²) in [5, 5.41) is 13.6. The number of benzene rings is 1. The summed E-state index contributed by atoms with van der Waals surface area (Å²) in [6, 6.07) is 4.64. The van der Waals surface area contributed by atoms with E-state index in [1.165, 1.54) is 13.0 Å². The molecular weight excluding hydrogens is 264 g/mol. The third-order valence-electron chi connectivity index (χ3n) is 2.19. The predicted molar refractivity (Wildman–Crippen MR) is 72.8 cm³/mol. The Hall–Kier alpha value is -2.57. The van der Waals surface area contributed by atoms with Crippen LogP contribution in [0.2, 0.25) is 0 Å². The normalized spacial score (nSPS) is 9.70. The Morgan fingerprint density at radius 3 is 2.50 bits per heavy atom. The van der Waals surface area contributed by atoms with Crippen molar-refractivity contribution in [2.24, 2.45) is 0 Å². The molecule has 1 rings (SSSR count). The topological polar surface area (TPSA) is 105 Å². The Morgan fingerprint density at radius 2 is 1.95 bits per heavy atom. The molecule has 0 aromatic heterocycles. The Labute approximate surface area is 115 Å². The molecule has 0 saturated carbocycles. The molecule has 0 aliphatic carbocycles. The lowest BCUT2D eigenvalue weighted by Gasteiger charge is -2.12. The molecule has 108 valence electrons. The maximum Gasteiger partial charge on any atom is 0.312 e. The molecule has 0 unspecified atom stereocenters. The van der Waals surface area contributed by atoms with Crippen LogP contribution in [0.15, 0.2) is 18.2 Å². The number of carbonyl (C=O) groups excluding carboxylic acids is 2. The van der Waals surface area contributed by atoms with Gasteiger partial charge in [0.25, 0.3) is 0 Å². The summed E-state index contributed by atoms with van der Waals surface area (Å²) < 4.78 is 5.36. The van der Waals surface area contributed by atoms with Crippen LogP contribution in [-0.4, -0.2) is 29.5 Å². The molecule has 2 amide bonds. The highest BCUT2D eigenvalue weighted by Gasteiger charge is 2.11. The van der Waals surface area contributed by atoms with Crippen LogP contribution < -0.4 is 15.4 Å². The second kappa shape index (κ2) is 7.13. The highest BCUT2D eigenvalue weighted by Crippen LogP contribution is 2.28. The molecule has 0 radical (unpaired) electrons. The van der Waals surface area contributed by atoms with Crippen molar-refractivity contribution >= 4 is 29.2 Å². The van der Waals surface area contributed by atoms with Gasteiger partial charge in [0.15, 0.2) is 0 Å². The largest absolute Gasteiger partial charge is 0.492 e. The molecular formula is C13H16N2O5. The van der Waals surface area contributed by atoms with Crippen LogP contribution >= 0.6 is 0 Å². The number of nitrogens with one attached hydrogen (secondary N) is 2. The first-order valence-electron chi connectivity index (χ1n) is 5.98. The standard InChI is InChI=1S/C13H16N2O5/c1-3-20-11-6-9(15-12(17)7-13(18)19)4-5-10(11)14-8(2)16/h4-6H,3,7H2,1-2H3,(H,14,16)(H,15,17)(H,18,19). The van der Waals surface area contributed by atoms with Gasteiger partial charge >= 0.3 is 5.97 Å². The second-order valence-corrected chi connectivity index (χ2v) is 3.94. The summed E-state index contributed by atoms with van der Waals surface area (Å²) in [7, 11) is 0. The van der Waals surface area contributed by atoms with Crippen LogP contribution in [0, 0.1) is 0 Å². The van der Waals surface area contributed by atoms with Crippen LogP contribution in [0.4, 0.5) is 11.4 Å². The third-order valence-corrected chi connectivity index (χ3v) is 2.19. The van der Waals surface area contributed by atoms with Gasteiger partial charge in [-0.1, -0.05) is 0 Å². The predicted octanol–water partition coefficient (Wildman–Crippen LogP) is 1.46. The minimum absolute atomic E-state index is 0.242. The minimum Gasteiger partial charge on any atom is -0.492 e. The van der Waals surface area contributed by atoms with Crippen LogP contribution in [0.1, 0.15) is 20.3 Å². The van der Waals surface area contributed by atoms with E-state index < -0.39 is 18.3 Å². The first kappa shape index (κ1) is 15.5. The van der Waals surface area contributed by atoms with Gasteiger partial charge in [0, 0.05) is 18.7 Å². The molecule has 0 atom stereocenters. The molecule has 7 nitrogen and oxygen atoms in total. The summed E-state index contributed by atoms with van der Waals surface area (Å²) in [6.45, 7) is 3.55. The van der Waals surface area contributed by atoms with Gasteiger partial charge in [0.05, 0.1) is 12.3 Å². The van der Waals surface area contributed by atoms with E-state index in [2.05, 4.69) is 10.6 Å². The van der Waals surface area contributed by atoms with Crippen LogP contribution in [-0.2, 0) is 14.4 Å². The molecule has 7 heteroatoms. The molecule has 1 aromatic rings. The van der Waals surface area contributed by atoms with Gasteiger partial charge in [0.2, 0.25) is 11.8 Å². The van der Waals surface area contributed by atoms with E-state index in [-0.39, 0.29) is 5.91 Å². The second-order valence-electron chi connectivity index (χ2n) is 3.94. The molecule has 0 saturated heterocycles. The molecule has 0 aliphatic heterocycles. The number of aliphatic carboxylic acids is 1. The molecule has 0 aliphatic rings. The smallest absolute Gasteiger partial charge is 0.312 e. The zero-order chi connectivity index (χ0) is 15.1. The lowest BCUT2D eigenvalue weighted by molar-refractivity contribution is -0.139. The monoisotopic (exact) mass is 280 g/mol. The maximum atomic E-state index is 11.4. The lowest BCUT2D eigenvalue weighted by Crippen LogP contribution is -2.16. The molecule has 0 spiro atoms. The molecule has 3 N–H and O–H groups in total. The van der Waals surface area contributed by atoms with Gasteiger partial charge in [-0.15, -0.1) is 0 Å². The summed E-state index contributed by atoms with van der Waals surface area (Å²) in [6.07, 6.45) is -0.614. The Morgan fingerprint density at radius 1 is 1.25 bits per heavy atom. The van der Waals surface area contributed by atoms with E-state index in [0.29, 0.717) is 23.7 Å². The van der Waals surface area contributed by atoms with Gasteiger partial charge < -0.3 is 20.5 Å². The van der Waals surface area contributed by atoms with Crippen LogP contribution in [0.5, 0.6) is 5.75 Å². The number of carboxylic acid groups (broad SMARTS) is 1. The minimum atomic E-state index is -1.21. The van der Waals surface area contributed by atoms with Crippen molar-refractivity contribution < 1.29 is 24.2 Å². The van der Waals surface area contributed by atoms with Gasteiger partial charge in [-0.25, -0.2) is 0 Å². The van der Waals surface area contributed by atoms with Gasteiger partial charge in [-0.2, -0.15) is 0 Å². The zero-order valence-corrected chi connectivity index (χ0v) is 11.2. The fourth-order valence-electron chi connectivity index (χ4n) is 1.51. The first-order chi connectivity index (χ1) is 9.42. The van der Waals surface area contributed by atoms with Crippen molar-refractivity contribution in [2.75, 3.05) is 17.2 Å². The number of ether oxygens (including phenoxy) is 1. The highest BCUT2D eigenvalue weighted by molar-refractivity contribution is 6.01. The fourth-order valence-corrected chi connectivity index (χ4v) is 1.51. The molecule has 1 aromatic carbocycles. The van der Waals surface area contributed by atoms with Crippen molar-refractivity contribution in [3.8, 4) is 5.75 Å². The van der Waals surface area contributed by atoms with Crippen LogP contribution in [0.25, 0.3) is 0 Å². The van der Waals surface area contributed by atoms with Crippen molar-refractivity contribution in [1.82, 2.24) is 0 Å². The van der Waals surface area contributed by atoms with Crippen molar-refractivity contribution in [3.63, 3.8) is 0 Å². The van der Waals surface area contributed by atoms with E-state index in [1.54, 1.807) is 19.1 Å². The van der Waals surface area contributed by atoms with E-state index in [1.807, 2.05) is 0 Å². The number of hydrogen-bond acceptors (Lipinski definition) is 4. The third kappa shape index (κ3) is 4.97. The van der Waals surface area contributed by atoms with Gasteiger partial charge in [-0.05, 0) is 19.1 Å². The average molecular weight is 280 g/mol. The number of carboxylic acids is 1. The Bertz CT molecular complexity index is 527. The van der Waals surface area contributed by atoms with E-state index in [0.717, 1.165) is 0 Å². The van der Waals surface area contributed by atoms with Crippen molar-refractivity contribution in [2.45, 2.75) is 20.3 Å². The number of anilines is 2. The van der Waals surface area contributed by atoms with E-state index in [9.17, 15) is 14.4 Å². The van der Waals surface area contributed by atoms with E-state index in [4.69, 9.17) is 9.84 Å². The summed E-state index contributed by atoms with van der Waals surface area (Å²) in [5.74, 6) is -1.68. The first-order valence-corrected chi connectivity index (χ1v) is 5.98. The Balaban J connectivity index is 2.88. The maximum absolute atomic E-state index is 11.4. The molecule has 20 heavy (non-hydrogen) atoms. The van der Waals surface area contributed by atoms with Crippen molar-refractivity contribution in [1.29, 1.82) is 0 Å². The van der Waals surface area contributed by atoms with E-state index >= 15 is 0 Å². The summed E-state index contributed by atoms with van der Waals surface area (Å²) >= 11 is 0. The Kier molecular flexibility index (Phi) is 5.52. The lowest BCUT2D eigenvalue weighted by atomic mass is 10.2. The van der Waals surface area contributed by atoms with Crippen molar-refractivity contribution in [3.05, 3.63) is 18.2 Å². The molecule has 0 heterocycles.